The van der Waals surface area contributed by atoms with Crippen LogP contribution in [0.4, 0.5) is 0 Å². The average Bonchev–Trinajstić information content (AvgIpc) is 2.84. The van der Waals surface area contributed by atoms with Crippen LogP contribution in [-0.2, 0) is 13.0 Å². The summed E-state index contributed by atoms with van der Waals surface area (Å²) in [7, 11) is 0. The van der Waals surface area contributed by atoms with Gasteiger partial charge in [-0.1, -0.05) is 6.92 Å². The first-order valence-electron chi connectivity index (χ1n) is 6.30. The largest absolute Gasteiger partial charge is 0.325 e. The van der Waals surface area contributed by atoms with Gasteiger partial charge in [-0.15, -0.1) is 0 Å². The SMILES string of the molecule is CCN1CCc2[nH]c(=O)c(-c3nc(=S)[nH][nH]3)cc2C1. The minimum Gasteiger partial charge on any atom is -0.325 e. The van der Waals surface area contributed by atoms with Crippen molar-refractivity contribution in [2.24, 2.45) is 0 Å². The number of aromatic amines is 3. The Morgan fingerprint density at radius 2 is 2.32 bits per heavy atom. The number of likely N-dealkylation sites (N-methyl/N-ethyl adjacent to an activating group) is 1. The van der Waals surface area contributed by atoms with E-state index in [1.165, 1.54) is 0 Å². The van der Waals surface area contributed by atoms with Gasteiger partial charge in [-0.2, -0.15) is 4.98 Å². The molecule has 1 aliphatic heterocycles. The molecule has 0 saturated heterocycles. The number of aromatic nitrogens is 4. The predicted molar refractivity (Wildman–Crippen MR) is 74.5 cm³/mol. The second kappa shape index (κ2) is 4.75. The summed E-state index contributed by atoms with van der Waals surface area (Å²) in [4.78, 5) is 21.5. The summed E-state index contributed by atoms with van der Waals surface area (Å²) in [6.07, 6.45) is 0.884. The number of pyridine rings is 1. The van der Waals surface area contributed by atoms with Gasteiger partial charge in [0.1, 0.15) is 0 Å². The van der Waals surface area contributed by atoms with Crippen LogP contribution in [-0.4, -0.2) is 38.2 Å². The van der Waals surface area contributed by atoms with Crippen molar-refractivity contribution >= 4 is 12.2 Å². The zero-order valence-corrected chi connectivity index (χ0v) is 11.4. The molecule has 0 radical (unpaired) electrons. The standard InChI is InChI=1S/C12H15N5OS/c1-2-17-4-3-9-7(6-17)5-8(11(18)13-9)10-14-12(19)16-15-10/h5H,2-4,6H2,1H3,(H,13,18)(H2,14,15,16,19). The van der Waals surface area contributed by atoms with Crippen molar-refractivity contribution < 1.29 is 0 Å². The molecule has 0 aromatic carbocycles. The van der Waals surface area contributed by atoms with Gasteiger partial charge in [0.05, 0.1) is 5.56 Å². The summed E-state index contributed by atoms with van der Waals surface area (Å²) < 4.78 is 0.349. The summed E-state index contributed by atoms with van der Waals surface area (Å²) in [5, 5.41) is 5.53. The van der Waals surface area contributed by atoms with E-state index in [0.717, 1.165) is 37.3 Å². The summed E-state index contributed by atoms with van der Waals surface area (Å²) in [6, 6.07) is 1.91. The Morgan fingerprint density at radius 3 is 3.00 bits per heavy atom. The quantitative estimate of drug-likeness (QED) is 0.721. The van der Waals surface area contributed by atoms with Crippen LogP contribution in [0.3, 0.4) is 0 Å². The summed E-state index contributed by atoms with van der Waals surface area (Å²) in [5.41, 5.74) is 2.60. The highest BCUT2D eigenvalue weighted by Crippen LogP contribution is 2.19. The van der Waals surface area contributed by atoms with Crippen LogP contribution in [0.1, 0.15) is 18.2 Å². The molecule has 0 unspecified atom stereocenters. The fraction of sp³-hybridized carbons (Fsp3) is 0.417. The zero-order chi connectivity index (χ0) is 13.4. The van der Waals surface area contributed by atoms with Crippen molar-refractivity contribution in [1.82, 2.24) is 25.1 Å². The Balaban J connectivity index is 2.08. The van der Waals surface area contributed by atoms with Crippen molar-refractivity contribution in [3.8, 4) is 11.4 Å². The van der Waals surface area contributed by atoms with Gasteiger partial charge in [-0.3, -0.25) is 19.9 Å². The van der Waals surface area contributed by atoms with E-state index in [4.69, 9.17) is 12.2 Å². The summed E-state index contributed by atoms with van der Waals surface area (Å²) >= 11 is 4.92. The Hall–Kier alpha value is -1.73. The van der Waals surface area contributed by atoms with Gasteiger partial charge in [0.2, 0.25) is 4.77 Å². The van der Waals surface area contributed by atoms with Crippen LogP contribution in [0.15, 0.2) is 10.9 Å². The van der Waals surface area contributed by atoms with Gasteiger partial charge < -0.3 is 4.98 Å². The highest BCUT2D eigenvalue weighted by molar-refractivity contribution is 7.71. The Morgan fingerprint density at radius 1 is 1.47 bits per heavy atom. The monoisotopic (exact) mass is 277 g/mol. The zero-order valence-electron chi connectivity index (χ0n) is 10.6. The van der Waals surface area contributed by atoms with E-state index in [1.807, 2.05) is 6.07 Å². The normalized spacial score (nSPS) is 15.4. The molecule has 2 aromatic rings. The maximum Gasteiger partial charge on any atom is 0.259 e. The number of nitrogens with zero attached hydrogens (tertiary/aromatic N) is 2. The topological polar surface area (TPSA) is 80.6 Å². The fourth-order valence-corrected chi connectivity index (χ4v) is 2.55. The van der Waals surface area contributed by atoms with E-state index in [9.17, 15) is 4.79 Å². The molecule has 0 aliphatic carbocycles. The lowest BCUT2D eigenvalue weighted by Gasteiger charge is -2.27. The second-order valence-electron chi connectivity index (χ2n) is 4.65. The van der Waals surface area contributed by atoms with Crippen LogP contribution in [0.25, 0.3) is 11.4 Å². The highest BCUT2D eigenvalue weighted by atomic mass is 32.1. The smallest absolute Gasteiger partial charge is 0.259 e. The lowest BCUT2D eigenvalue weighted by molar-refractivity contribution is 0.265. The maximum atomic E-state index is 12.1. The predicted octanol–water partition coefficient (Wildman–Crippen LogP) is 1.20. The summed E-state index contributed by atoms with van der Waals surface area (Å²) in [6.45, 7) is 5.01. The molecule has 0 bridgehead atoms. The van der Waals surface area contributed by atoms with Gasteiger partial charge >= 0.3 is 0 Å². The van der Waals surface area contributed by atoms with Crippen molar-refractivity contribution in [2.45, 2.75) is 19.9 Å². The van der Waals surface area contributed by atoms with Gasteiger partial charge in [0, 0.05) is 25.2 Å². The lowest BCUT2D eigenvalue weighted by Crippen LogP contribution is -2.32. The third-order valence-corrected chi connectivity index (χ3v) is 3.68. The van der Waals surface area contributed by atoms with E-state index in [-0.39, 0.29) is 5.56 Å². The molecule has 3 heterocycles. The summed E-state index contributed by atoms with van der Waals surface area (Å²) in [5.74, 6) is 0.489. The first-order chi connectivity index (χ1) is 9.17. The van der Waals surface area contributed by atoms with Crippen molar-refractivity contribution in [3.05, 3.63) is 32.4 Å². The van der Waals surface area contributed by atoms with E-state index in [1.54, 1.807) is 0 Å². The molecule has 0 saturated carbocycles. The van der Waals surface area contributed by atoms with Gasteiger partial charge in [-0.25, -0.2) is 0 Å². The van der Waals surface area contributed by atoms with Crippen LogP contribution in [0, 0.1) is 4.77 Å². The van der Waals surface area contributed by atoms with Gasteiger partial charge in [0.25, 0.3) is 5.56 Å². The molecule has 1 aliphatic rings. The first-order valence-corrected chi connectivity index (χ1v) is 6.70. The maximum absolute atomic E-state index is 12.1. The molecular weight excluding hydrogens is 262 g/mol. The molecule has 0 amide bonds. The molecule has 100 valence electrons. The minimum atomic E-state index is -0.124. The van der Waals surface area contributed by atoms with Gasteiger partial charge in [-0.05, 0) is 30.4 Å². The molecule has 0 spiro atoms. The minimum absolute atomic E-state index is 0.124. The Bertz CT molecular complexity index is 713. The molecule has 19 heavy (non-hydrogen) atoms. The molecule has 2 aromatic heterocycles. The number of H-pyrrole nitrogens is 3. The molecule has 0 atom stereocenters. The molecule has 6 nitrogen and oxygen atoms in total. The fourth-order valence-electron chi connectivity index (χ4n) is 2.41. The third kappa shape index (κ3) is 2.26. The number of hydrogen-bond donors (Lipinski definition) is 3. The molecule has 0 fully saturated rings. The number of nitrogens with one attached hydrogen (secondary N) is 3. The first kappa shape index (κ1) is 12.3. The average molecular weight is 277 g/mol. The van der Waals surface area contributed by atoms with E-state index in [2.05, 4.69) is 32.0 Å². The highest BCUT2D eigenvalue weighted by Gasteiger charge is 2.18. The number of fused-ring (bicyclic) bond motifs is 1. The number of hydrogen-bond acceptors (Lipinski definition) is 4. The molecule has 3 rings (SSSR count). The van der Waals surface area contributed by atoms with Crippen molar-refractivity contribution in [2.75, 3.05) is 13.1 Å². The van der Waals surface area contributed by atoms with E-state index < -0.39 is 0 Å². The van der Waals surface area contributed by atoms with Crippen LogP contribution in [0.2, 0.25) is 0 Å². The number of rotatable bonds is 2. The van der Waals surface area contributed by atoms with Crippen molar-refractivity contribution in [3.63, 3.8) is 0 Å². The third-order valence-electron chi connectivity index (χ3n) is 3.49. The van der Waals surface area contributed by atoms with Crippen LogP contribution in [0.5, 0.6) is 0 Å². The second-order valence-corrected chi connectivity index (χ2v) is 5.04. The van der Waals surface area contributed by atoms with Crippen LogP contribution < -0.4 is 5.56 Å². The van der Waals surface area contributed by atoms with E-state index >= 15 is 0 Å². The molecular formula is C12H15N5OS. The Kier molecular flexibility index (Phi) is 3.08. The molecule has 7 heteroatoms. The molecule has 3 N–H and O–H groups in total. The van der Waals surface area contributed by atoms with Crippen LogP contribution >= 0.6 is 12.2 Å². The Labute approximate surface area is 114 Å². The van der Waals surface area contributed by atoms with Crippen molar-refractivity contribution in [1.29, 1.82) is 0 Å². The van der Waals surface area contributed by atoms with Gasteiger partial charge in [0.15, 0.2) is 5.82 Å². The van der Waals surface area contributed by atoms with E-state index in [0.29, 0.717) is 16.2 Å². The lowest BCUT2D eigenvalue weighted by atomic mass is 10.0.